The molecule has 0 spiro atoms. The Hall–Kier alpha value is -2.14. The number of aryl methyl sites for hydroxylation is 2. The number of halogens is 1. The fraction of sp³-hybridized carbons (Fsp3) is 0.176. The van der Waals surface area contributed by atoms with Crippen LogP contribution < -0.4 is 5.32 Å². The Labute approximate surface area is 138 Å². The first-order valence-electron chi connectivity index (χ1n) is 6.83. The molecule has 0 saturated carbocycles. The number of oxime groups is 1. The molecule has 1 N–H and O–H groups in total. The van der Waals surface area contributed by atoms with Crippen LogP contribution in [0.4, 0.5) is 5.69 Å². The Morgan fingerprint density at radius 1 is 1.23 bits per heavy atom. The van der Waals surface area contributed by atoms with Crippen LogP contribution in [-0.2, 0) is 9.63 Å². The summed E-state index contributed by atoms with van der Waals surface area (Å²) in [6.45, 7) is 3.82. The zero-order valence-electron chi connectivity index (χ0n) is 12.5. The summed E-state index contributed by atoms with van der Waals surface area (Å²) in [6, 6.07) is 13.4. The lowest BCUT2D eigenvalue weighted by Gasteiger charge is -2.06. The molecule has 2 aromatic carbocycles. The number of rotatable bonds is 5. The highest BCUT2D eigenvalue weighted by Crippen LogP contribution is 2.19. The number of hydrogen-bond donors (Lipinski definition) is 1. The zero-order chi connectivity index (χ0) is 15.9. The van der Waals surface area contributed by atoms with E-state index in [0.717, 1.165) is 26.9 Å². The summed E-state index contributed by atoms with van der Waals surface area (Å²) in [5, 5.41) is 6.58. The van der Waals surface area contributed by atoms with E-state index in [-0.39, 0.29) is 12.5 Å². The minimum Gasteiger partial charge on any atom is -0.386 e. The van der Waals surface area contributed by atoms with E-state index >= 15 is 0 Å². The average molecular weight is 361 g/mol. The molecule has 4 nitrogen and oxygen atoms in total. The summed E-state index contributed by atoms with van der Waals surface area (Å²) in [7, 11) is 0. The molecule has 0 aliphatic heterocycles. The SMILES string of the molecule is Cc1cc(NC(=O)CO/N=C\c2ccccc2C)ccc1Br. The summed E-state index contributed by atoms with van der Waals surface area (Å²) >= 11 is 3.42. The van der Waals surface area contributed by atoms with E-state index in [1.54, 1.807) is 6.21 Å². The average Bonchev–Trinajstić information content (AvgIpc) is 2.49. The number of carbonyl (C=O) groups is 1. The second-order valence-electron chi connectivity index (χ2n) is 4.88. The molecule has 0 radical (unpaired) electrons. The summed E-state index contributed by atoms with van der Waals surface area (Å²) in [6.07, 6.45) is 1.60. The first kappa shape index (κ1) is 16.2. The van der Waals surface area contributed by atoms with Gasteiger partial charge in [-0.15, -0.1) is 0 Å². The van der Waals surface area contributed by atoms with Crippen LogP contribution in [0.25, 0.3) is 0 Å². The van der Waals surface area contributed by atoms with Gasteiger partial charge in [0.05, 0.1) is 6.21 Å². The molecule has 2 rings (SSSR count). The molecule has 0 heterocycles. The molecule has 22 heavy (non-hydrogen) atoms. The van der Waals surface area contributed by atoms with E-state index in [4.69, 9.17) is 4.84 Å². The summed E-state index contributed by atoms with van der Waals surface area (Å²) < 4.78 is 1.00. The molecule has 0 atom stereocenters. The van der Waals surface area contributed by atoms with Gasteiger partial charge < -0.3 is 10.2 Å². The fourth-order valence-electron chi connectivity index (χ4n) is 1.84. The molecule has 0 saturated heterocycles. The third-order valence-corrected chi connectivity index (χ3v) is 3.98. The Bertz CT molecular complexity index is 699. The third kappa shape index (κ3) is 4.70. The third-order valence-electron chi connectivity index (χ3n) is 3.09. The maximum atomic E-state index is 11.8. The van der Waals surface area contributed by atoms with Crippen molar-refractivity contribution in [3.63, 3.8) is 0 Å². The normalized spacial score (nSPS) is 10.7. The van der Waals surface area contributed by atoms with Crippen LogP contribution in [0.2, 0.25) is 0 Å². The van der Waals surface area contributed by atoms with Crippen LogP contribution in [0, 0.1) is 13.8 Å². The van der Waals surface area contributed by atoms with Gasteiger partial charge >= 0.3 is 0 Å². The van der Waals surface area contributed by atoms with E-state index in [9.17, 15) is 4.79 Å². The van der Waals surface area contributed by atoms with Crippen molar-refractivity contribution in [3.05, 3.63) is 63.6 Å². The monoisotopic (exact) mass is 360 g/mol. The van der Waals surface area contributed by atoms with Gasteiger partial charge in [0.1, 0.15) is 0 Å². The topological polar surface area (TPSA) is 50.7 Å². The van der Waals surface area contributed by atoms with E-state index < -0.39 is 0 Å². The van der Waals surface area contributed by atoms with Gasteiger partial charge in [0.25, 0.3) is 5.91 Å². The number of carbonyl (C=O) groups excluding carboxylic acids is 1. The quantitative estimate of drug-likeness (QED) is 0.645. The standard InChI is InChI=1S/C17H17BrN2O2/c1-12-5-3-4-6-14(12)10-19-22-11-17(21)20-15-7-8-16(18)13(2)9-15/h3-10H,11H2,1-2H3,(H,20,21)/b19-10-. The Balaban J connectivity index is 1.83. The van der Waals surface area contributed by atoms with Crippen molar-refractivity contribution in [1.29, 1.82) is 0 Å². The van der Waals surface area contributed by atoms with Crippen molar-refractivity contribution in [2.75, 3.05) is 11.9 Å². The highest BCUT2D eigenvalue weighted by molar-refractivity contribution is 9.10. The first-order valence-corrected chi connectivity index (χ1v) is 7.62. The van der Waals surface area contributed by atoms with Crippen molar-refractivity contribution in [2.24, 2.45) is 5.16 Å². The number of hydrogen-bond acceptors (Lipinski definition) is 3. The van der Waals surface area contributed by atoms with Crippen molar-refractivity contribution in [1.82, 2.24) is 0 Å². The molecule has 0 aliphatic rings. The predicted molar refractivity (Wildman–Crippen MR) is 92.2 cm³/mol. The zero-order valence-corrected chi connectivity index (χ0v) is 14.1. The van der Waals surface area contributed by atoms with E-state index in [2.05, 4.69) is 26.4 Å². The molecule has 0 aliphatic carbocycles. The largest absolute Gasteiger partial charge is 0.386 e. The van der Waals surface area contributed by atoms with E-state index in [0.29, 0.717) is 0 Å². The molecule has 114 valence electrons. The Morgan fingerprint density at radius 2 is 2.00 bits per heavy atom. The van der Waals surface area contributed by atoms with Gasteiger partial charge in [-0.1, -0.05) is 45.4 Å². The van der Waals surface area contributed by atoms with Gasteiger partial charge in [-0.2, -0.15) is 0 Å². The maximum absolute atomic E-state index is 11.8. The molecular weight excluding hydrogens is 344 g/mol. The second-order valence-corrected chi connectivity index (χ2v) is 5.73. The van der Waals surface area contributed by atoms with Gasteiger partial charge in [-0.3, -0.25) is 4.79 Å². The highest BCUT2D eigenvalue weighted by atomic mass is 79.9. The van der Waals surface area contributed by atoms with Crippen LogP contribution in [0.15, 0.2) is 52.1 Å². The van der Waals surface area contributed by atoms with Crippen LogP contribution >= 0.6 is 15.9 Å². The van der Waals surface area contributed by atoms with Gasteiger partial charge in [-0.25, -0.2) is 0 Å². The molecule has 0 unspecified atom stereocenters. The van der Waals surface area contributed by atoms with Gasteiger partial charge in [0.2, 0.25) is 0 Å². The summed E-state index contributed by atoms with van der Waals surface area (Å²) in [5.41, 5.74) is 3.85. The minimum absolute atomic E-state index is 0.127. The Morgan fingerprint density at radius 3 is 2.73 bits per heavy atom. The predicted octanol–water partition coefficient (Wildman–Crippen LogP) is 4.06. The van der Waals surface area contributed by atoms with E-state index in [1.165, 1.54) is 0 Å². The number of nitrogens with one attached hydrogen (secondary N) is 1. The van der Waals surface area contributed by atoms with Crippen LogP contribution in [0.5, 0.6) is 0 Å². The lowest BCUT2D eigenvalue weighted by Crippen LogP contribution is -2.17. The van der Waals surface area contributed by atoms with Crippen molar-refractivity contribution < 1.29 is 9.63 Å². The first-order chi connectivity index (χ1) is 10.6. The molecule has 1 amide bonds. The van der Waals surface area contributed by atoms with Crippen LogP contribution in [-0.4, -0.2) is 18.7 Å². The highest BCUT2D eigenvalue weighted by Gasteiger charge is 2.04. The van der Waals surface area contributed by atoms with Crippen molar-refractivity contribution in [3.8, 4) is 0 Å². The van der Waals surface area contributed by atoms with Crippen molar-refractivity contribution >= 4 is 33.7 Å². The smallest absolute Gasteiger partial charge is 0.265 e. The number of benzene rings is 2. The number of amides is 1. The molecule has 0 aromatic heterocycles. The van der Waals surface area contributed by atoms with Crippen LogP contribution in [0.3, 0.4) is 0 Å². The summed E-state index contributed by atoms with van der Waals surface area (Å²) in [4.78, 5) is 16.8. The Kier molecular flexibility index (Phi) is 5.72. The number of anilines is 1. The van der Waals surface area contributed by atoms with Gasteiger partial charge in [-0.05, 0) is 48.7 Å². The van der Waals surface area contributed by atoms with E-state index in [1.807, 2.05) is 56.3 Å². The van der Waals surface area contributed by atoms with Crippen LogP contribution in [0.1, 0.15) is 16.7 Å². The lowest BCUT2D eigenvalue weighted by molar-refractivity contribution is -0.120. The molecule has 0 fully saturated rings. The molecule has 2 aromatic rings. The fourth-order valence-corrected chi connectivity index (χ4v) is 2.09. The van der Waals surface area contributed by atoms with Gasteiger partial charge in [0, 0.05) is 10.2 Å². The number of nitrogens with zero attached hydrogens (tertiary/aromatic N) is 1. The summed E-state index contributed by atoms with van der Waals surface area (Å²) in [5.74, 6) is -0.247. The minimum atomic E-state index is -0.247. The molecule has 0 bridgehead atoms. The van der Waals surface area contributed by atoms with Gasteiger partial charge in [0.15, 0.2) is 6.61 Å². The second kappa shape index (κ2) is 7.75. The van der Waals surface area contributed by atoms with Crippen molar-refractivity contribution in [2.45, 2.75) is 13.8 Å². The maximum Gasteiger partial charge on any atom is 0.265 e. The molecular formula is C17H17BrN2O2. The molecule has 5 heteroatoms. The lowest BCUT2D eigenvalue weighted by atomic mass is 10.1.